The maximum absolute atomic E-state index is 13.6. The zero-order valence-electron chi connectivity index (χ0n) is 24.6. The Bertz CT molecular complexity index is 1550. The molecule has 3 rings (SSSR count). The second-order valence-electron chi connectivity index (χ2n) is 9.62. The molecule has 0 unspecified atom stereocenters. The van der Waals surface area contributed by atoms with E-state index in [1.165, 1.54) is 6.21 Å². The minimum Gasteiger partial charge on any atom is -0.475 e. The van der Waals surface area contributed by atoms with Gasteiger partial charge in [-0.3, -0.25) is 4.79 Å². The van der Waals surface area contributed by atoms with E-state index in [1.807, 2.05) is 42.5 Å². The summed E-state index contributed by atoms with van der Waals surface area (Å²) in [5.41, 5.74) is 10.4. The Morgan fingerprint density at radius 3 is 2.24 bits per heavy atom. The molecule has 1 atom stereocenters. The van der Waals surface area contributed by atoms with E-state index in [0.717, 1.165) is 16.0 Å². The number of anilines is 2. The quantitative estimate of drug-likeness (QED) is 0.101. The number of hydrogen-bond acceptors (Lipinski definition) is 9. The predicted molar refractivity (Wildman–Crippen MR) is 161 cm³/mol. The average Bonchev–Trinajstić information content (AvgIpc) is 2.98. The van der Waals surface area contributed by atoms with Crippen molar-refractivity contribution in [2.24, 2.45) is 5.16 Å². The van der Waals surface area contributed by atoms with E-state index in [0.29, 0.717) is 28.1 Å². The Kier molecular flexibility index (Phi) is 12.9. The number of carbonyl (C=O) groups is 3. The molecule has 0 bridgehead atoms. The summed E-state index contributed by atoms with van der Waals surface area (Å²) >= 11 is 0. The smallest absolute Gasteiger partial charge is 0.475 e. The first-order valence-electron chi connectivity index (χ1n) is 13.5. The van der Waals surface area contributed by atoms with Crippen LogP contribution in [0.4, 0.5) is 29.3 Å². The van der Waals surface area contributed by atoms with Crippen LogP contribution in [0.15, 0.2) is 71.9 Å². The van der Waals surface area contributed by atoms with Gasteiger partial charge in [0.1, 0.15) is 6.04 Å². The molecule has 0 aliphatic carbocycles. The van der Waals surface area contributed by atoms with Gasteiger partial charge < -0.3 is 26.1 Å². The molecule has 2 amide bonds. The van der Waals surface area contributed by atoms with Crippen molar-refractivity contribution in [3.63, 3.8) is 0 Å². The van der Waals surface area contributed by atoms with Gasteiger partial charge in [-0.15, -0.1) is 0 Å². The molecule has 0 fully saturated rings. The zero-order valence-corrected chi connectivity index (χ0v) is 24.6. The second-order valence-corrected chi connectivity index (χ2v) is 9.62. The van der Waals surface area contributed by atoms with Gasteiger partial charge in [-0.05, 0) is 61.7 Å². The number of nitriles is 1. The summed E-state index contributed by atoms with van der Waals surface area (Å²) in [7, 11) is 0. The number of likely N-dealkylation sites (N-methyl/N-ethyl adjacent to an activating group) is 1. The Morgan fingerprint density at radius 2 is 1.71 bits per heavy atom. The van der Waals surface area contributed by atoms with Crippen molar-refractivity contribution >= 4 is 35.6 Å². The van der Waals surface area contributed by atoms with Gasteiger partial charge in [-0.1, -0.05) is 47.6 Å². The predicted octanol–water partition coefficient (Wildman–Crippen LogP) is 5.67. The highest BCUT2D eigenvalue weighted by molar-refractivity contribution is 5.97. The number of nitrogens with two attached hydrogens (primary N) is 1. The number of hydrogen-bond donors (Lipinski definition) is 4. The summed E-state index contributed by atoms with van der Waals surface area (Å²) in [5.74, 6) is -3.24. The fourth-order valence-corrected chi connectivity index (χ4v) is 4.05. The van der Waals surface area contributed by atoms with Crippen molar-refractivity contribution in [3.8, 4) is 17.2 Å². The molecule has 0 aromatic heterocycles. The number of imide groups is 1. The van der Waals surface area contributed by atoms with Gasteiger partial charge in [0.25, 0.3) is 5.91 Å². The minimum absolute atomic E-state index is 0.119. The molecule has 238 valence electrons. The van der Waals surface area contributed by atoms with Crippen molar-refractivity contribution in [1.82, 2.24) is 4.90 Å². The first kappa shape index (κ1) is 35.6. The Morgan fingerprint density at radius 1 is 1.09 bits per heavy atom. The molecule has 3 aromatic rings. The lowest BCUT2D eigenvalue weighted by Crippen LogP contribution is -2.47. The number of carboxylic acids is 1. The maximum Gasteiger partial charge on any atom is 0.490 e. The molecule has 0 aliphatic rings. The number of benzene rings is 3. The minimum atomic E-state index is -5.08. The van der Waals surface area contributed by atoms with E-state index >= 15 is 0 Å². The van der Waals surface area contributed by atoms with Gasteiger partial charge in [-0.2, -0.15) is 18.4 Å². The number of rotatable bonds is 9. The molecule has 45 heavy (non-hydrogen) atoms. The lowest BCUT2D eigenvalue weighted by atomic mass is 9.97. The van der Waals surface area contributed by atoms with Crippen LogP contribution >= 0.6 is 0 Å². The molecule has 14 heteroatoms. The van der Waals surface area contributed by atoms with Gasteiger partial charge in [-0.25, -0.2) is 14.5 Å². The number of alkyl halides is 3. The number of nitrogens with zero attached hydrogens (tertiary/aromatic N) is 3. The normalized spacial score (nSPS) is 11.6. The van der Waals surface area contributed by atoms with Gasteiger partial charge >= 0.3 is 18.2 Å². The molecule has 0 radical (unpaired) electrons. The van der Waals surface area contributed by atoms with E-state index in [2.05, 4.69) is 16.5 Å². The van der Waals surface area contributed by atoms with Crippen LogP contribution < -0.4 is 11.1 Å². The number of carboxylic acid groups (broad SMARTS) is 1. The van der Waals surface area contributed by atoms with Gasteiger partial charge in [0.15, 0.2) is 0 Å². The van der Waals surface area contributed by atoms with Crippen LogP contribution in [0.5, 0.6) is 0 Å². The number of aliphatic carboxylic acids is 1. The summed E-state index contributed by atoms with van der Waals surface area (Å²) in [5, 5.41) is 32.0. The topological polar surface area (TPSA) is 178 Å². The average molecular weight is 628 g/mol. The van der Waals surface area contributed by atoms with Crippen LogP contribution in [0.2, 0.25) is 0 Å². The van der Waals surface area contributed by atoms with E-state index in [1.54, 1.807) is 45.0 Å². The fourth-order valence-electron chi connectivity index (χ4n) is 4.05. The highest BCUT2D eigenvalue weighted by Crippen LogP contribution is 2.26. The van der Waals surface area contributed by atoms with Crippen molar-refractivity contribution in [2.75, 3.05) is 17.6 Å². The molecule has 0 aliphatic heterocycles. The van der Waals surface area contributed by atoms with Gasteiger partial charge in [0.05, 0.1) is 24.0 Å². The molecule has 0 spiro atoms. The monoisotopic (exact) mass is 627 g/mol. The third-order valence-corrected chi connectivity index (χ3v) is 6.11. The highest BCUT2D eigenvalue weighted by Gasteiger charge is 2.38. The fraction of sp³-hybridized carbons (Fsp3) is 0.258. The van der Waals surface area contributed by atoms with Gasteiger partial charge in [0.2, 0.25) is 0 Å². The third-order valence-electron chi connectivity index (χ3n) is 6.11. The Balaban J connectivity index is 0.000000900. The van der Waals surface area contributed by atoms with E-state index in [-0.39, 0.29) is 19.1 Å². The number of oxime groups is 1. The lowest BCUT2D eigenvalue weighted by molar-refractivity contribution is -0.192. The van der Waals surface area contributed by atoms with Crippen molar-refractivity contribution < 1.29 is 42.6 Å². The molecule has 3 aromatic carbocycles. The SMILES string of the molecule is CCN(C(=O)OC(C)C)C(=O)[C@H](Cc1cccc(N)c1C=NO)Nc1ccc(-c2ccccc2C#N)cc1.O=C(O)C(F)(F)F. The maximum atomic E-state index is 13.6. The van der Waals surface area contributed by atoms with Crippen molar-refractivity contribution in [2.45, 2.75) is 45.5 Å². The molecule has 0 saturated heterocycles. The highest BCUT2D eigenvalue weighted by atomic mass is 19.4. The van der Waals surface area contributed by atoms with Crippen LogP contribution in [0.25, 0.3) is 11.1 Å². The van der Waals surface area contributed by atoms with Crippen LogP contribution in [-0.2, 0) is 20.7 Å². The summed E-state index contributed by atoms with van der Waals surface area (Å²) < 4.78 is 37.0. The zero-order chi connectivity index (χ0) is 33.7. The molecule has 11 nitrogen and oxygen atoms in total. The number of nitrogen functional groups attached to an aromatic ring is 1. The van der Waals surface area contributed by atoms with E-state index in [9.17, 15) is 28.0 Å². The summed E-state index contributed by atoms with van der Waals surface area (Å²) in [6.07, 6.45) is -4.83. The Labute approximate surface area is 257 Å². The van der Waals surface area contributed by atoms with Crippen LogP contribution in [0.3, 0.4) is 0 Å². The summed E-state index contributed by atoms with van der Waals surface area (Å²) in [6, 6.07) is 21.1. The van der Waals surface area contributed by atoms with E-state index in [4.69, 9.17) is 25.6 Å². The molecular weight excluding hydrogens is 595 g/mol. The van der Waals surface area contributed by atoms with Crippen LogP contribution in [0, 0.1) is 11.3 Å². The molecular formula is C31H32F3N5O6. The summed E-state index contributed by atoms with van der Waals surface area (Å²) in [6.45, 7) is 5.24. The summed E-state index contributed by atoms with van der Waals surface area (Å²) in [4.78, 5) is 36.3. The van der Waals surface area contributed by atoms with Crippen LogP contribution in [0.1, 0.15) is 37.5 Å². The van der Waals surface area contributed by atoms with Crippen molar-refractivity contribution in [3.05, 3.63) is 83.4 Å². The third kappa shape index (κ3) is 10.3. The number of carbonyl (C=O) groups excluding carboxylic acids is 2. The first-order valence-corrected chi connectivity index (χ1v) is 13.5. The molecule has 5 N–H and O–H groups in total. The van der Waals surface area contributed by atoms with E-state index < -0.39 is 30.2 Å². The van der Waals surface area contributed by atoms with Crippen LogP contribution in [-0.4, -0.2) is 64.3 Å². The lowest BCUT2D eigenvalue weighted by Gasteiger charge is -2.27. The molecule has 0 saturated carbocycles. The number of amides is 2. The second kappa shape index (κ2) is 16.3. The standard InChI is InChI=1S/C29H31N5O4.C2HF3O2/c1-4-34(29(36)38-19(2)3)28(35)27(16-21-9-7-11-26(31)25(21)18-32-37)33-23-14-12-20(13-15-23)24-10-6-5-8-22(24)17-30;3-2(4,5)1(6)7/h5-15,18-19,27,33,37H,4,16,31H2,1-3H3;(H,6,7)/t27-;/m0./s1. The first-order chi connectivity index (χ1) is 21.2. The number of nitrogens with one attached hydrogen (secondary N) is 1. The molecule has 0 heterocycles. The van der Waals surface area contributed by atoms with Gasteiger partial charge in [0, 0.05) is 29.9 Å². The largest absolute Gasteiger partial charge is 0.490 e. The van der Waals surface area contributed by atoms with Crippen molar-refractivity contribution in [1.29, 1.82) is 5.26 Å². The number of halogens is 3. The number of ether oxygens (including phenoxy) is 1. The Hall–Kier alpha value is -5.58.